The fourth-order valence-corrected chi connectivity index (χ4v) is 1.80. The van der Waals surface area contributed by atoms with Gasteiger partial charge in [0.1, 0.15) is 5.76 Å². The number of benzene rings is 1. The minimum absolute atomic E-state index is 0.0137. The van der Waals surface area contributed by atoms with Gasteiger partial charge in [-0.25, -0.2) is 0 Å². The first-order chi connectivity index (χ1) is 8.02. The highest BCUT2D eigenvalue weighted by atomic mass is 16.6. The molecule has 0 saturated carbocycles. The molecular weight excluding hydrogens is 224 g/mol. The smallest absolute Gasteiger partial charge is 0.277 e. The van der Waals surface area contributed by atoms with E-state index < -0.39 is 10.8 Å². The number of hydrogen-bond donors (Lipinski definition) is 1. The van der Waals surface area contributed by atoms with Crippen LogP contribution in [0.3, 0.4) is 0 Å². The van der Waals surface area contributed by atoms with E-state index in [1.807, 2.05) is 0 Å². The van der Waals surface area contributed by atoms with Gasteiger partial charge >= 0.3 is 0 Å². The lowest BCUT2D eigenvalue weighted by Gasteiger charge is -2.07. The molecule has 88 valence electrons. The normalized spacial score (nSPS) is 15.6. The number of aliphatic hydroxyl groups excluding tert-OH is 1. The molecule has 17 heavy (non-hydrogen) atoms. The van der Waals surface area contributed by atoms with E-state index >= 15 is 0 Å². The number of para-hydroxylation sites is 1. The highest BCUT2D eigenvalue weighted by Gasteiger charge is 2.32. The Labute approximate surface area is 96.9 Å². The predicted molar refractivity (Wildman–Crippen MR) is 60.3 cm³/mol. The van der Waals surface area contributed by atoms with Crippen LogP contribution < -0.4 is 0 Å². The van der Waals surface area contributed by atoms with Crippen molar-refractivity contribution in [1.82, 2.24) is 4.90 Å². The Morgan fingerprint density at radius 2 is 2.06 bits per heavy atom. The van der Waals surface area contributed by atoms with Gasteiger partial charge in [-0.1, -0.05) is 12.1 Å². The number of carbonyl (C=O) groups is 1. The lowest BCUT2D eigenvalue weighted by atomic mass is 10.0. The molecular formula is C11H10N2O4. The lowest BCUT2D eigenvalue weighted by molar-refractivity contribution is -0.385. The van der Waals surface area contributed by atoms with Crippen LogP contribution in [0.1, 0.15) is 5.56 Å². The summed E-state index contributed by atoms with van der Waals surface area (Å²) < 4.78 is 0. The molecule has 1 heterocycles. The monoisotopic (exact) mass is 234 g/mol. The maximum atomic E-state index is 11.8. The third kappa shape index (κ3) is 1.73. The van der Waals surface area contributed by atoms with Crippen LogP contribution in [0.25, 0.3) is 5.57 Å². The molecule has 1 amide bonds. The average Bonchev–Trinajstić information content (AvgIpc) is 2.53. The van der Waals surface area contributed by atoms with E-state index in [4.69, 9.17) is 0 Å². The molecule has 1 aromatic carbocycles. The summed E-state index contributed by atoms with van der Waals surface area (Å²) in [4.78, 5) is 23.4. The van der Waals surface area contributed by atoms with Gasteiger partial charge in [0, 0.05) is 13.1 Å². The first-order valence-corrected chi connectivity index (χ1v) is 4.93. The summed E-state index contributed by atoms with van der Waals surface area (Å²) in [6.07, 6.45) is 0. The second-order valence-corrected chi connectivity index (χ2v) is 3.76. The predicted octanol–water partition coefficient (Wildman–Crippen LogP) is 1.34. The molecule has 0 saturated heterocycles. The van der Waals surface area contributed by atoms with Gasteiger partial charge in [-0.15, -0.1) is 0 Å². The number of hydrogen-bond acceptors (Lipinski definition) is 4. The maximum absolute atomic E-state index is 11.8. The molecule has 6 nitrogen and oxygen atoms in total. The van der Waals surface area contributed by atoms with Crippen LogP contribution in [0, 0.1) is 10.1 Å². The molecule has 2 rings (SSSR count). The summed E-state index contributed by atoms with van der Waals surface area (Å²) in [6.45, 7) is 0.0835. The number of nitro benzene ring substituents is 1. The van der Waals surface area contributed by atoms with Crippen molar-refractivity contribution >= 4 is 17.2 Å². The Kier molecular flexibility index (Phi) is 2.55. The van der Waals surface area contributed by atoms with Gasteiger partial charge in [-0.05, 0) is 6.07 Å². The summed E-state index contributed by atoms with van der Waals surface area (Å²) >= 11 is 0. The number of nitrogens with zero attached hydrogens (tertiary/aromatic N) is 2. The van der Waals surface area contributed by atoms with Crippen LogP contribution in [0.4, 0.5) is 5.69 Å². The van der Waals surface area contributed by atoms with Gasteiger partial charge < -0.3 is 10.0 Å². The number of rotatable bonds is 2. The summed E-state index contributed by atoms with van der Waals surface area (Å²) in [5, 5.41) is 20.5. The Hall–Kier alpha value is -2.37. The van der Waals surface area contributed by atoms with E-state index in [-0.39, 0.29) is 29.1 Å². The van der Waals surface area contributed by atoms with Crippen LogP contribution in [-0.2, 0) is 4.79 Å². The zero-order valence-corrected chi connectivity index (χ0v) is 9.08. The molecule has 1 N–H and O–H groups in total. The van der Waals surface area contributed by atoms with E-state index in [0.29, 0.717) is 0 Å². The fraction of sp³-hybridized carbons (Fsp3) is 0.182. The van der Waals surface area contributed by atoms with Crippen LogP contribution in [0.5, 0.6) is 0 Å². The van der Waals surface area contributed by atoms with Gasteiger partial charge in [0.15, 0.2) is 0 Å². The average molecular weight is 234 g/mol. The molecule has 0 spiro atoms. The molecule has 1 aliphatic heterocycles. The van der Waals surface area contributed by atoms with Crippen molar-refractivity contribution in [2.24, 2.45) is 0 Å². The quantitative estimate of drug-likeness (QED) is 0.618. The van der Waals surface area contributed by atoms with Crippen molar-refractivity contribution in [2.45, 2.75) is 0 Å². The highest BCUT2D eigenvalue weighted by molar-refractivity contribution is 6.23. The minimum atomic E-state index is -0.568. The van der Waals surface area contributed by atoms with Crippen molar-refractivity contribution in [2.75, 3.05) is 13.6 Å². The van der Waals surface area contributed by atoms with Crippen molar-refractivity contribution < 1.29 is 14.8 Å². The van der Waals surface area contributed by atoms with Gasteiger partial charge in [0.2, 0.25) is 0 Å². The number of amides is 1. The number of carbonyl (C=O) groups excluding carboxylic acids is 1. The number of nitro groups is 1. The van der Waals surface area contributed by atoms with E-state index in [2.05, 4.69) is 0 Å². The lowest BCUT2D eigenvalue weighted by Crippen LogP contribution is -2.21. The van der Waals surface area contributed by atoms with Gasteiger partial charge in [0.05, 0.1) is 22.6 Å². The topological polar surface area (TPSA) is 83.7 Å². The molecule has 0 fully saturated rings. The largest absolute Gasteiger partial charge is 0.510 e. The van der Waals surface area contributed by atoms with E-state index in [0.717, 1.165) is 0 Å². The van der Waals surface area contributed by atoms with Crippen molar-refractivity contribution in [3.63, 3.8) is 0 Å². The van der Waals surface area contributed by atoms with Gasteiger partial charge in [0.25, 0.3) is 11.6 Å². The standard InChI is InChI=1S/C11H10N2O4/c1-12-6-9(14)10(11(12)15)7-4-2-3-5-8(7)13(16)17/h2-5,14H,6H2,1H3. The molecule has 1 aromatic rings. The Bertz CT molecular complexity index is 536. The van der Waals surface area contributed by atoms with Crippen LogP contribution >= 0.6 is 0 Å². The first kappa shape index (κ1) is 11.1. The second kappa shape index (κ2) is 3.89. The van der Waals surface area contributed by atoms with Crippen molar-refractivity contribution in [3.8, 4) is 0 Å². The summed E-state index contributed by atoms with van der Waals surface area (Å²) in [7, 11) is 1.53. The molecule has 0 bridgehead atoms. The van der Waals surface area contributed by atoms with E-state index in [1.165, 1.54) is 30.1 Å². The van der Waals surface area contributed by atoms with E-state index in [1.54, 1.807) is 6.07 Å². The van der Waals surface area contributed by atoms with E-state index in [9.17, 15) is 20.0 Å². The van der Waals surface area contributed by atoms with Gasteiger partial charge in [-0.3, -0.25) is 14.9 Å². The molecule has 0 aliphatic carbocycles. The summed E-state index contributed by atoms with van der Waals surface area (Å²) in [6, 6.07) is 5.87. The SMILES string of the molecule is CN1CC(O)=C(c2ccccc2[N+](=O)[O-])C1=O. The molecule has 0 atom stereocenters. The van der Waals surface area contributed by atoms with Gasteiger partial charge in [-0.2, -0.15) is 0 Å². The third-order valence-corrected chi connectivity index (χ3v) is 2.61. The molecule has 0 unspecified atom stereocenters. The number of aliphatic hydroxyl groups is 1. The molecule has 1 aliphatic rings. The zero-order valence-electron chi connectivity index (χ0n) is 9.08. The maximum Gasteiger partial charge on any atom is 0.277 e. The summed E-state index contributed by atoms with van der Waals surface area (Å²) in [5.41, 5.74) is -0.0122. The van der Waals surface area contributed by atoms with Crippen LogP contribution in [-0.4, -0.2) is 34.4 Å². The molecule has 0 aromatic heterocycles. The summed E-state index contributed by atoms with van der Waals surface area (Å²) in [5.74, 6) is -0.538. The molecule has 0 radical (unpaired) electrons. The Morgan fingerprint density at radius 1 is 1.41 bits per heavy atom. The van der Waals surface area contributed by atoms with Crippen molar-refractivity contribution in [1.29, 1.82) is 0 Å². The first-order valence-electron chi connectivity index (χ1n) is 4.93. The Balaban J connectivity index is 2.59. The fourth-order valence-electron chi connectivity index (χ4n) is 1.80. The van der Waals surface area contributed by atoms with Crippen LogP contribution in [0.2, 0.25) is 0 Å². The van der Waals surface area contributed by atoms with Crippen LogP contribution in [0.15, 0.2) is 30.0 Å². The second-order valence-electron chi connectivity index (χ2n) is 3.76. The highest BCUT2D eigenvalue weighted by Crippen LogP contribution is 2.31. The molecule has 6 heteroatoms. The Morgan fingerprint density at radius 3 is 2.59 bits per heavy atom. The number of likely N-dealkylation sites (N-methyl/N-ethyl adjacent to an activating group) is 1. The zero-order chi connectivity index (χ0) is 12.6. The minimum Gasteiger partial charge on any atom is -0.510 e. The third-order valence-electron chi connectivity index (χ3n) is 2.61. The van der Waals surface area contributed by atoms with Crippen molar-refractivity contribution in [3.05, 3.63) is 45.7 Å².